The van der Waals surface area contributed by atoms with E-state index in [0.29, 0.717) is 5.69 Å². The Morgan fingerprint density at radius 1 is 1.21 bits per heavy atom. The van der Waals surface area contributed by atoms with Crippen LogP contribution in [0.3, 0.4) is 0 Å². The molecule has 0 unspecified atom stereocenters. The molecule has 0 saturated carbocycles. The molecule has 1 aliphatic heterocycles. The van der Waals surface area contributed by atoms with Crippen molar-refractivity contribution in [3.8, 4) is 5.75 Å². The van der Waals surface area contributed by atoms with Crippen LogP contribution in [0.1, 0.15) is 12.8 Å². The van der Waals surface area contributed by atoms with E-state index in [2.05, 4.69) is 4.72 Å². The summed E-state index contributed by atoms with van der Waals surface area (Å²) < 4.78 is 46.7. The van der Waals surface area contributed by atoms with E-state index in [0.717, 1.165) is 38.1 Å². The Kier molecular flexibility index (Phi) is 5.95. The number of carbonyl (C=O) groups is 1. The molecule has 7 nitrogen and oxygen atoms in total. The van der Waals surface area contributed by atoms with Crippen molar-refractivity contribution in [2.45, 2.75) is 17.7 Å². The number of benzene rings is 2. The minimum absolute atomic E-state index is 0.0454. The molecule has 0 amide bonds. The van der Waals surface area contributed by atoms with Crippen molar-refractivity contribution in [3.05, 3.63) is 47.2 Å². The maximum Gasteiger partial charge on any atom is 0.341 e. The summed E-state index contributed by atoms with van der Waals surface area (Å²) in [5.41, 5.74) is 0.534. The number of halogens is 2. The van der Waals surface area contributed by atoms with Crippen LogP contribution in [0, 0.1) is 5.82 Å². The third kappa shape index (κ3) is 4.66. The maximum atomic E-state index is 14.4. The van der Waals surface area contributed by atoms with Crippen LogP contribution >= 0.6 is 11.6 Å². The molecular weight excluding hydrogens is 411 g/mol. The topological polar surface area (TPSA) is 95.9 Å². The fourth-order valence-electron chi connectivity index (χ4n) is 2.90. The van der Waals surface area contributed by atoms with Crippen LogP contribution in [0.25, 0.3) is 0 Å². The standard InChI is InChI=1S/C18H18ClFN2O5S/c19-14-10-13(4-6-17(14)27-11-18(23)24)28(25,26)21-12-3-5-16(15(20)9-12)22-7-1-2-8-22/h3-6,9-10,21H,1-2,7-8,11H2,(H,23,24). The molecule has 10 heteroatoms. The van der Waals surface area contributed by atoms with Gasteiger partial charge in [-0.2, -0.15) is 0 Å². The fourth-order valence-corrected chi connectivity index (χ4v) is 4.28. The van der Waals surface area contributed by atoms with Gasteiger partial charge in [0.25, 0.3) is 10.0 Å². The number of carboxylic acid groups (broad SMARTS) is 1. The number of rotatable bonds is 7. The molecule has 3 rings (SSSR count). The summed E-state index contributed by atoms with van der Waals surface area (Å²) in [7, 11) is -4.02. The van der Waals surface area contributed by atoms with Gasteiger partial charge >= 0.3 is 5.97 Å². The number of anilines is 2. The van der Waals surface area contributed by atoms with E-state index in [4.69, 9.17) is 21.4 Å². The lowest BCUT2D eigenvalue weighted by atomic mass is 10.2. The monoisotopic (exact) mass is 428 g/mol. The fraction of sp³-hybridized carbons (Fsp3) is 0.278. The third-order valence-corrected chi connectivity index (χ3v) is 5.89. The van der Waals surface area contributed by atoms with Crippen molar-refractivity contribution in [1.29, 1.82) is 0 Å². The molecule has 1 saturated heterocycles. The number of sulfonamides is 1. The number of hydrogen-bond donors (Lipinski definition) is 2. The minimum Gasteiger partial charge on any atom is -0.480 e. The average Bonchev–Trinajstić information content (AvgIpc) is 3.14. The van der Waals surface area contributed by atoms with E-state index in [1.165, 1.54) is 18.2 Å². The van der Waals surface area contributed by atoms with Gasteiger partial charge in [-0.15, -0.1) is 0 Å². The van der Waals surface area contributed by atoms with Gasteiger partial charge in [0.05, 0.1) is 21.3 Å². The first kappa shape index (κ1) is 20.2. The first-order valence-corrected chi connectivity index (χ1v) is 10.3. The Hall–Kier alpha value is -2.52. The Bertz CT molecular complexity index is 993. The van der Waals surface area contributed by atoms with Gasteiger partial charge in [0, 0.05) is 19.2 Å². The van der Waals surface area contributed by atoms with Crippen molar-refractivity contribution < 1.29 is 27.4 Å². The lowest BCUT2D eigenvalue weighted by molar-refractivity contribution is -0.139. The highest BCUT2D eigenvalue weighted by molar-refractivity contribution is 7.92. The van der Waals surface area contributed by atoms with Crippen LogP contribution in [0.2, 0.25) is 5.02 Å². The predicted molar refractivity (Wildman–Crippen MR) is 103 cm³/mol. The molecule has 2 aromatic carbocycles. The van der Waals surface area contributed by atoms with Crippen molar-refractivity contribution in [2.24, 2.45) is 0 Å². The first-order valence-electron chi connectivity index (χ1n) is 8.48. The molecule has 28 heavy (non-hydrogen) atoms. The van der Waals surface area contributed by atoms with E-state index < -0.39 is 28.4 Å². The van der Waals surface area contributed by atoms with Gasteiger partial charge in [0.1, 0.15) is 11.6 Å². The van der Waals surface area contributed by atoms with Crippen LogP contribution in [-0.2, 0) is 14.8 Å². The first-order chi connectivity index (χ1) is 13.3. The lowest BCUT2D eigenvalue weighted by Crippen LogP contribution is -2.19. The van der Waals surface area contributed by atoms with Crippen LogP contribution in [0.4, 0.5) is 15.8 Å². The van der Waals surface area contributed by atoms with Crippen molar-refractivity contribution in [3.63, 3.8) is 0 Å². The number of aliphatic carboxylic acids is 1. The molecule has 0 bridgehead atoms. The molecule has 1 heterocycles. The largest absolute Gasteiger partial charge is 0.480 e. The smallest absolute Gasteiger partial charge is 0.341 e. The van der Waals surface area contributed by atoms with E-state index in [1.807, 2.05) is 4.90 Å². The molecule has 150 valence electrons. The van der Waals surface area contributed by atoms with Gasteiger partial charge in [-0.05, 0) is 43.2 Å². The van der Waals surface area contributed by atoms with E-state index in [1.54, 1.807) is 6.07 Å². The van der Waals surface area contributed by atoms with Gasteiger partial charge in [0.15, 0.2) is 6.61 Å². The molecule has 0 aromatic heterocycles. The summed E-state index contributed by atoms with van der Waals surface area (Å²) >= 11 is 5.96. The summed E-state index contributed by atoms with van der Waals surface area (Å²) in [6.07, 6.45) is 2.00. The molecule has 2 aromatic rings. The highest BCUT2D eigenvalue weighted by Gasteiger charge is 2.20. The Balaban J connectivity index is 1.77. The number of ether oxygens (including phenoxy) is 1. The zero-order valence-electron chi connectivity index (χ0n) is 14.7. The minimum atomic E-state index is -4.02. The predicted octanol–water partition coefficient (Wildman–Crippen LogP) is 3.34. The molecular formula is C18H18ClFN2O5S. The van der Waals surface area contributed by atoms with Crippen molar-refractivity contribution in [1.82, 2.24) is 0 Å². The van der Waals surface area contributed by atoms with E-state index >= 15 is 0 Å². The highest BCUT2D eigenvalue weighted by Crippen LogP contribution is 2.30. The Morgan fingerprint density at radius 3 is 2.54 bits per heavy atom. The molecule has 0 atom stereocenters. The second-order valence-electron chi connectivity index (χ2n) is 6.24. The van der Waals surface area contributed by atoms with Gasteiger partial charge in [-0.3, -0.25) is 4.72 Å². The summed E-state index contributed by atoms with van der Waals surface area (Å²) in [6, 6.07) is 7.80. The zero-order valence-corrected chi connectivity index (χ0v) is 16.3. The molecule has 0 spiro atoms. The van der Waals surface area contributed by atoms with Crippen molar-refractivity contribution in [2.75, 3.05) is 29.3 Å². The molecule has 0 aliphatic carbocycles. The SMILES string of the molecule is O=C(O)COc1ccc(S(=O)(=O)Nc2ccc(N3CCCC3)c(F)c2)cc1Cl. The van der Waals surface area contributed by atoms with E-state index in [9.17, 15) is 17.6 Å². The lowest BCUT2D eigenvalue weighted by Gasteiger charge is -2.19. The average molecular weight is 429 g/mol. The summed E-state index contributed by atoms with van der Waals surface area (Å²) in [5, 5.41) is 8.56. The Morgan fingerprint density at radius 2 is 1.93 bits per heavy atom. The van der Waals surface area contributed by atoms with E-state index in [-0.39, 0.29) is 21.4 Å². The molecule has 1 aliphatic rings. The van der Waals surface area contributed by atoms with Crippen LogP contribution in [0.5, 0.6) is 5.75 Å². The summed E-state index contributed by atoms with van der Waals surface area (Å²) in [4.78, 5) is 12.3. The second kappa shape index (κ2) is 8.24. The normalized spacial score (nSPS) is 14.1. The Labute approximate surface area is 166 Å². The number of nitrogens with zero attached hydrogens (tertiary/aromatic N) is 1. The van der Waals surface area contributed by atoms with Crippen LogP contribution in [0.15, 0.2) is 41.3 Å². The van der Waals surface area contributed by atoms with Gasteiger partial charge in [-0.1, -0.05) is 11.6 Å². The van der Waals surface area contributed by atoms with Crippen LogP contribution in [-0.4, -0.2) is 39.2 Å². The third-order valence-electron chi connectivity index (χ3n) is 4.21. The summed E-state index contributed by atoms with van der Waals surface area (Å²) in [6.45, 7) is 0.945. The molecule has 2 N–H and O–H groups in total. The zero-order chi connectivity index (χ0) is 20.3. The van der Waals surface area contributed by atoms with Gasteiger partial charge < -0.3 is 14.7 Å². The number of nitrogens with one attached hydrogen (secondary N) is 1. The second-order valence-corrected chi connectivity index (χ2v) is 8.33. The number of carboxylic acids is 1. The molecule has 1 fully saturated rings. The quantitative estimate of drug-likeness (QED) is 0.702. The van der Waals surface area contributed by atoms with Gasteiger partial charge in [0.2, 0.25) is 0 Å². The highest BCUT2D eigenvalue weighted by atomic mass is 35.5. The maximum absolute atomic E-state index is 14.4. The molecule has 0 radical (unpaired) electrons. The van der Waals surface area contributed by atoms with Gasteiger partial charge in [-0.25, -0.2) is 17.6 Å². The van der Waals surface area contributed by atoms with Crippen LogP contribution < -0.4 is 14.4 Å². The summed E-state index contributed by atoms with van der Waals surface area (Å²) in [5.74, 6) is -1.64. The van der Waals surface area contributed by atoms with Crippen molar-refractivity contribution >= 4 is 39.0 Å². The number of hydrogen-bond acceptors (Lipinski definition) is 5.